The third-order valence-electron chi connectivity index (χ3n) is 1.11. The van der Waals surface area contributed by atoms with Crippen molar-refractivity contribution in [2.24, 2.45) is 5.73 Å². The highest BCUT2D eigenvalue weighted by Gasteiger charge is 2.08. The largest absolute Gasteiger partial charge is 0.466 e. The summed E-state index contributed by atoms with van der Waals surface area (Å²) in [6, 6.07) is -0.251. The van der Waals surface area contributed by atoms with Gasteiger partial charge in [-0.25, -0.2) is 0 Å². The Bertz CT molecular complexity index is 116. The van der Waals surface area contributed by atoms with Gasteiger partial charge in [0.2, 0.25) is 0 Å². The molecule has 0 saturated carbocycles. The van der Waals surface area contributed by atoms with Crippen molar-refractivity contribution < 1.29 is 14.3 Å². The molecule has 0 aliphatic heterocycles. The molecule has 11 heavy (non-hydrogen) atoms. The smallest absolute Gasteiger partial charge is 0.307 e. The number of nitrogens with two attached hydrogens (primary N) is 1. The van der Waals surface area contributed by atoms with Crippen LogP contribution in [0.3, 0.4) is 0 Å². The Labute approximate surface area is 66.7 Å². The molecule has 0 heterocycles. The van der Waals surface area contributed by atoms with E-state index in [0.29, 0.717) is 13.2 Å². The lowest BCUT2D eigenvalue weighted by molar-refractivity contribution is -0.143. The lowest BCUT2D eigenvalue weighted by Gasteiger charge is -2.08. The molecule has 0 fully saturated rings. The van der Waals surface area contributed by atoms with Crippen molar-refractivity contribution in [1.29, 1.82) is 0 Å². The zero-order chi connectivity index (χ0) is 8.69. The van der Waals surface area contributed by atoms with Gasteiger partial charge in [-0.1, -0.05) is 0 Å². The fraction of sp³-hybridized carbons (Fsp3) is 0.857. The minimum Gasteiger partial charge on any atom is -0.466 e. The Morgan fingerprint density at radius 2 is 2.27 bits per heavy atom. The molecule has 1 unspecified atom stereocenters. The van der Waals surface area contributed by atoms with E-state index in [2.05, 4.69) is 4.74 Å². The molecule has 4 nitrogen and oxygen atoms in total. The predicted octanol–water partition coefficient (Wildman–Crippen LogP) is -0.0867. The maximum Gasteiger partial charge on any atom is 0.307 e. The first-order valence-electron chi connectivity index (χ1n) is 3.60. The average molecular weight is 161 g/mol. The van der Waals surface area contributed by atoms with Crippen LogP contribution in [-0.2, 0) is 14.3 Å². The molecule has 4 heteroatoms. The summed E-state index contributed by atoms with van der Waals surface area (Å²) in [5, 5.41) is 0. The predicted molar refractivity (Wildman–Crippen MR) is 41.1 cm³/mol. The number of esters is 1. The zero-order valence-electron chi connectivity index (χ0n) is 7.00. The monoisotopic (exact) mass is 161 g/mol. The molecule has 0 saturated heterocycles. The summed E-state index contributed by atoms with van der Waals surface area (Å²) in [4.78, 5) is 10.8. The number of rotatable bonds is 5. The zero-order valence-corrected chi connectivity index (χ0v) is 7.00. The van der Waals surface area contributed by atoms with E-state index >= 15 is 0 Å². The standard InChI is InChI=1S/C7H15NO3/c1-3-11-7(9)4-6(8)5-10-2/h6H,3-5,8H2,1-2H3. The SMILES string of the molecule is CCOC(=O)CC(N)COC. The highest BCUT2D eigenvalue weighted by atomic mass is 16.5. The van der Waals surface area contributed by atoms with Crippen LogP contribution in [0.2, 0.25) is 0 Å². The van der Waals surface area contributed by atoms with Crippen molar-refractivity contribution in [1.82, 2.24) is 0 Å². The van der Waals surface area contributed by atoms with Gasteiger partial charge < -0.3 is 15.2 Å². The lowest BCUT2D eigenvalue weighted by Crippen LogP contribution is -2.29. The lowest BCUT2D eigenvalue weighted by atomic mass is 10.2. The summed E-state index contributed by atoms with van der Waals surface area (Å²) < 4.78 is 9.43. The number of carbonyl (C=O) groups is 1. The Kier molecular flexibility index (Phi) is 5.78. The van der Waals surface area contributed by atoms with Crippen LogP contribution >= 0.6 is 0 Å². The molecule has 0 radical (unpaired) electrons. The normalized spacial score (nSPS) is 12.6. The van der Waals surface area contributed by atoms with Gasteiger partial charge in [-0.15, -0.1) is 0 Å². The molecule has 0 aromatic carbocycles. The number of hydrogen-bond donors (Lipinski definition) is 1. The highest BCUT2D eigenvalue weighted by Crippen LogP contribution is 1.91. The van der Waals surface area contributed by atoms with Gasteiger partial charge in [-0.05, 0) is 6.92 Å². The van der Waals surface area contributed by atoms with E-state index in [1.54, 1.807) is 14.0 Å². The van der Waals surface area contributed by atoms with Crippen LogP contribution in [0.4, 0.5) is 0 Å². The van der Waals surface area contributed by atoms with Gasteiger partial charge in [0.1, 0.15) is 0 Å². The van der Waals surface area contributed by atoms with Gasteiger partial charge >= 0.3 is 5.97 Å². The quantitative estimate of drug-likeness (QED) is 0.572. The highest BCUT2D eigenvalue weighted by molar-refractivity contribution is 5.70. The second kappa shape index (κ2) is 6.12. The summed E-state index contributed by atoms with van der Waals surface area (Å²) in [6.45, 7) is 2.55. The van der Waals surface area contributed by atoms with E-state index in [1.807, 2.05) is 0 Å². The van der Waals surface area contributed by atoms with E-state index in [9.17, 15) is 4.79 Å². The van der Waals surface area contributed by atoms with Crippen molar-refractivity contribution in [3.8, 4) is 0 Å². The second-order valence-corrected chi connectivity index (χ2v) is 2.22. The number of ether oxygens (including phenoxy) is 2. The summed E-state index contributed by atoms with van der Waals surface area (Å²) >= 11 is 0. The molecular formula is C7H15NO3. The van der Waals surface area contributed by atoms with E-state index in [0.717, 1.165) is 0 Å². The minimum absolute atomic E-state index is 0.224. The number of methoxy groups -OCH3 is 1. The third-order valence-corrected chi connectivity index (χ3v) is 1.11. The maximum absolute atomic E-state index is 10.8. The van der Waals surface area contributed by atoms with Gasteiger partial charge in [0.05, 0.1) is 19.6 Å². The van der Waals surface area contributed by atoms with Crippen LogP contribution < -0.4 is 5.73 Å². The van der Waals surface area contributed by atoms with Crippen LogP contribution in [0.1, 0.15) is 13.3 Å². The number of hydrogen-bond acceptors (Lipinski definition) is 4. The maximum atomic E-state index is 10.8. The van der Waals surface area contributed by atoms with Gasteiger partial charge in [0.15, 0.2) is 0 Å². The molecule has 0 aromatic heterocycles. The Balaban J connectivity index is 3.40. The summed E-state index contributed by atoms with van der Waals surface area (Å²) in [7, 11) is 1.55. The van der Waals surface area contributed by atoms with Crippen LogP contribution in [0.5, 0.6) is 0 Å². The molecule has 2 N–H and O–H groups in total. The third kappa shape index (κ3) is 5.82. The molecule has 0 bridgehead atoms. The molecule has 0 rings (SSSR count). The van der Waals surface area contributed by atoms with E-state index in [-0.39, 0.29) is 18.4 Å². The van der Waals surface area contributed by atoms with Gasteiger partial charge in [0, 0.05) is 13.2 Å². The molecular weight excluding hydrogens is 146 g/mol. The fourth-order valence-electron chi connectivity index (χ4n) is 0.707. The molecule has 0 aromatic rings. The van der Waals surface area contributed by atoms with E-state index < -0.39 is 0 Å². The van der Waals surface area contributed by atoms with Crippen molar-refractivity contribution in [3.05, 3.63) is 0 Å². The van der Waals surface area contributed by atoms with Gasteiger partial charge in [0.25, 0.3) is 0 Å². The molecule has 0 spiro atoms. The van der Waals surface area contributed by atoms with Crippen LogP contribution in [-0.4, -0.2) is 32.3 Å². The first-order chi connectivity index (χ1) is 5.20. The van der Waals surface area contributed by atoms with E-state index in [4.69, 9.17) is 10.5 Å². The van der Waals surface area contributed by atoms with Crippen LogP contribution in [0.25, 0.3) is 0 Å². The summed E-state index contributed by atoms with van der Waals surface area (Å²) in [5.41, 5.74) is 5.49. The van der Waals surface area contributed by atoms with E-state index in [1.165, 1.54) is 0 Å². The molecule has 66 valence electrons. The van der Waals surface area contributed by atoms with Crippen LogP contribution in [0, 0.1) is 0 Å². The average Bonchev–Trinajstić information content (AvgIpc) is 1.87. The van der Waals surface area contributed by atoms with Crippen molar-refractivity contribution in [3.63, 3.8) is 0 Å². The Morgan fingerprint density at radius 1 is 1.64 bits per heavy atom. The molecule has 0 amide bonds. The molecule has 0 aliphatic rings. The second-order valence-electron chi connectivity index (χ2n) is 2.22. The minimum atomic E-state index is -0.267. The molecule has 0 aliphatic carbocycles. The van der Waals surface area contributed by atoms with Crippen LogP contribution in [0.15, 0.2) is 0 Å². The van der Waals surface area contributed by atoms with Gasteiger partial charge in [-0.2, -0.15) is 0 Å². The van der Waals surface area contributed by atoms with Crippen molar-refractivity contribution in [2.75, 3.05) is 20.3 Å². The first-order valence-corrected chi connectivity index (χ1v) is 3.60. The van der Waals surface area contributed by atoms with Crippen molar-refractivity contribution in [2.45, 2.75) is 19.4 Å². The molecule has 1 atom stereocenters. The fourth-order valence-corrected chi connectivity index (χ4v) is 0.707. The Hall–Kier alpha value is -0.610. The van der Waals surface area contributed by atoms with Gasteiger partial charge in [-0.3, -0.25) is 4.79 Å². The Morgan fingerprint density at radius 3 is 2.73 bits per heavy atom. The van der Waals surface area contributed by atoms with Crippen molar-refractivity contribution >= 4 is 5.97 Å². The topological polar surface area (TPSA) is 61.5 Å². The summed E-state index contributed by atoms with van der Waals surface area (Å²) in [5.74, 6) is -0.267. The summed E-state index contributed by atoms with van der Waals surface area (Å²) in [6.07, 6.45) is 0.224. The number of carbonyl (C=O) groups excluding carboxylic acids is 1. The first kappa shape index (κ1) is 10.4.